The number of aromatic amines is 1. The molecule has 2 heterocycles. The molecular formula is C20H18N6S. The summed E-state index contributed by atoms with van der Waals surface area (Å²) in [6.07, 6.45) is 1.79. The Balaban J connectivity index is 1.74. The summed E-state index contributed by atoms with van der Waals surface area (Å²) in [5.41, 5.74) is 4.83. The summed E-state index contributed by atoms with van der Waals surface area (Å²) in [6, 6.07) is 19.9. The first kappa shape index (κ1) is 17.1. The van der Waals surface area contributed by atoms with Crippen molar-refractivity contribution in [1.82, 2.24) is 24.7 Å². The second-order valence-corrected chi connectivity index (χ2v) is 6.49. The third-order valence-electron chi connectivity index (χ3n) is 4.33. The zero-order valence-corrected chi connectivity index (χ0v) is 15.8. The highest BCUT2D eigenvalue weighted by Gasteiger charge is 2.12. The Bertz CT molecular complexity index is 1150. The van der Waals surface area contributed by atoms with E-state index in [1.165, 1.54) is 0 Å². The lowest BCUT2D eigenvalue weighted by Gasteiger charge is -2.03. The van der Waals surface area contributed by atoms with Crippen LogP contribution in [0.5, 0.6) is 0 Å². The van der Waals surface area contributed by atoms with Gasteiger partial charge in [0, 0.05) is 11.1 Å². The van der Waals surface area contributed by atoms with Crippen molar-refractivity contribution in [3.8, 4) is 17.1 Å². The van der Waals surface area contributed by atoms with E-state index >= 15 is 0 Å². The Morgan fingerprint density at radius 3 is 2.37 bits per heavy atom. The lowest BCUT2D eigenvalue weighted by atomic mass is 10.2. The van der Waals surface area contributed by atoms with Crippen molar-refractivity contribution in [1.29, 1.82) is 0 Å². The van der Waals surface area contributed by atoms with Crippen LogP contribution in [0, 0.1) is 18.6 Å². The number of hydrogen-bond donors (Lipinski definition) is 1. The van der Waals surface area contributed by atoms with Crippen molar-refractivity contribution in [3.63, 3.8) is 0 Å². The molecule has 0 aliphatic rings. The van der Waals surface area contributed by atoms with Gasteiger partial charge < -0.3 is 0 Å². The fourth-order valence-corrected chi connectivity index (χ4v) is 3.13. The monoisotopic (exact) mass is 374 g/mol. The third-order valence-corrected chi connectivity index (χ3v) is 4.60. The molecule has 0 saturated heterocycles. The molecule has 27 heavy (non-hydrogen) atoms. The molecule has 0 bridgehead atoms. The predicted octanol–water partition coefficient (Wildman–Crippen LogP) is 4.29. The van der Waals surface area contributed by atoms with E-state index in [0.717, 1.165) is 28.2 Å². The Kier molecular flexibility index (Phi) is 4.52. The molecule has 0 aliphatic heterocycles. The van der Waals surface area contributed by atoms with E-state index in [0.29, 0.717) is 10.6 Å². The topological polar surface area (TPSA) is 63.8 Å². The van der Waals surface area contributed by atoms with Gasteiger partial charge in [0.2, 0.25) is 4.77 Å². The number of hydrogen-bond acceptors (Lipinski definition) is 4. The highest BCUT2D eigenvalue weighted by Crippen LogP contribution is 2.18. The SMILES string of the molecule is Cc1nn(-c2ccccc2)c(C)c1/C=N\n1c(-c2ccccc2)n[nH]c1=S. The number of benzene rings is 2. The van der Waals surface area contributed by atoms with Gasteiger partial charge in [-0.05, 0) is 38.2 Å². The van der Waals surface area contributed by atoms with Crippen LogP contribution in [-0.4, -0.2) is 30.9 Å². The van der Waals surface area contributed by atoms with Gasteiger partial charge in [0.1, 0.15) is 0 Å². The molecular weight excluding hydrogens is 356 g/mol. The van der Waals surface area contributed by atoms with Gasteiger partial charge in [-0.2, -0.15) is 20.0 Å². The number of nitrogens with zero attached hydrogens (tertiary/aromatic N) is 5. The zero-order chi connectivity index (χ0) is 18.8. The quantitative estimate of drug-likeness (QED) is 0.428. The molecule has 4 aromatic rings. The molecule has 0 amide bonds. The fourth-order valence-electron chi connectivity index (χ4n) is 2.95. The van der Waals surface area contributed by atoms with Gasteiger partial charge in [-0.15, -0.1) is 0 Å². The van der Waals surface area contributed by atoms with Gasteiger partial charge in [-0.1, -0.05) is 48.5 Å². The molecule has 7 heteroatoms. The van der Waals surface area contributed by atoms with Gasteiger partial charge in [0.05, 0.1) is 23.3 Å². The lowest BCUT2D eigenvalue weighted by Crippen LogP contribution is -1.99. The molecule has 2 aromatic heterocycles. The first-order valence-corrected chi connectivity index (χ1v) is 8.95. The summed E-state index contributed by atoms with van der Waals surface area (Å²) < 4.78 is 3.99. The highest BCUT2D eigenvalue weighted by atomic mass is 32.1. The van der Waals surface area contributed by atoms with Crippen molar-refractivity contribution in [2.75, 3.05) is 0 Å². The molecule has 1 N–H and O–H groups in total. The minimum Gasteiger partial charge on any atom is -0.250 e. The first-order valence-electron chi connectivity index (χ1n) is 8.54. The maximum Gasteiger partial charge on any atom is 0.216 e. The van der Waals surface area contributed by atoms with Gasteiger partial charge in [0.15, 0.2) is 5.82 Å². The van der Waals surface area contributed by atoms with Crippen molar-refractivity contribution in [3.05, 3.63) is 82.4 Å². The number of aromatic nitrogens is 5. The molecule has 6 nitrogen and oxygen atoms in total. The van der Waals surface area contributed by atoms with E-state index in [4.69, 9.17) is 12.2 Å². The minimum absolute atomic E-state index is 0.441. The maximum atomic E-state index is 5.35. The van der Waals surface area contributed by atoms with Crippen molar-refractivity contribution >= 4 is 18.4 Å². The lowest BCUT2D eigenvalue weighted by molar-refractivity contribution is 0.833. The summed E-state index contributed by atoms with van der Waals surface area (Å²) in [5.74, 6) is 0.669. The molecule has 4 rings (SSSR count). The van der Waals surface area contributed by atoms with E-state index in [2.05, 4.69) is 20.4 Å². The maximum absolute atomic E-state index is 5.35. The second kappa shape index (κ2) is 7.13. The minimum atomic E-state index is 0.441. The average Bonchev–Trinajstić information content (AvgIpc) is 3.21. The van der Waals surface area contributed by atoms with Gasteiger partial charge in [-0.25, -0.2) is 9.78 Å². The van der Waals surface area contributed by atoms with E-state index in [9.17, 15) is 0 Å². The number of rotatable bonds is 4. The Labute approximate surface area is 161 Å². The Hall–Kier alpha value is -3.32. The Morgan fingerprint density at radius 1 is 1.00 bits per heavy atom. The number of aryl methyl sites for hydroxylation is 1. The van der Waals surface area contributed by atoms with Crippen LogP contribution in [-0.2, 0) is 0 Å². The molecule has 2 aromatic carbocycles. The van der Waals surface area contributed by atoms with Crippen LogP contribution < -0.4 is 0 Å². The number of nitrogens with one attached hydrogen (secondary N) is 1. The van der Waals surface area contributed by atoms with Crippen LogP contribution in [0.2, 0.25) is 0 Å². The first-order chi connectivity index (χ1) is 13.1. The summed E-state index contributed by atoms with van der Waals surface area (Å²) in [5, 5.41) is 16.4. The van der Waals surface area contributed by atoms with E-state index in [1.54, 1.807) is 10.9 Å². The van der Waals surface area contributed by atoms with E-state index in [-0.39, 0.29) is 0 Å². The molecule has 0 atom stereocenters. The Morgan fingerprint density at radius 2 is 1.67 bits per heavy atom. The summed E-state index contributed by atoms with van der Waals surface area (Å²) in [7, 11) is 0. The van der Waals surface area contributed by atoms with Crippen LogP contribution in [0.25, 0.3) is 17.1 Å². The van der Waals surface area contributed by atoms with E-state index in [1.807, 2.05) is 79.2 Å². The molecule has 0 aliphatic carbocycles. The van der Waals surface area contributed by atoms with Crippen LogP contribution in [0.1, 0.15) is 17.0 Å². The number of H-pyrrole nitrogens is 1. The normalized spacial score (nSPS) is 11.3. The third kappa shape index (κ3) is 3.24. The molecule has 134 valence electrons. The van der Waals surface area contributed by atoms with Crippen LogP contribution in [0.4, 0.5) is 0 Å². The van der Waals surface area contributed by atoms with Crippen LogP contribution >= 0.6 is 12.2 Å². The van der Waals surface area contributed by atoms with Crippen molar-refractivity contribution in [2.24, 2.45) is 5.10 Å². The van der Waals surface area contributed by atoms with Gasteiger partial charge in [-0.3, -0.25) is 0 Å². The number of para-hydroxylation sites is 1. The average molecular weight is 374 g/mol. The standard InChI is InChI=1S/C20H18N6S/c1-14-18(15(2)25(24-14)17-11-7-4-8-12-17)13-21-26-19(22-23-20(26)27)16-9-5-3-6-10-16/h3-13H,1-2H3,(H,23,27)/b21-13-. The molecule has 0 radical (unpaired) electrons. The van der Waals surface area contributed by atoms with Gasteiger partial charge in [0.25, 0.3) is 0 Å². The smallest absolute Gasteiger partial charge is 0.216 e. The van der Waals surface area contributed by atoms with Crippen LogP contribution in [0.15, 0.2) is 65.8 Å². The summed E-state index contributed by atoms with van der Waals surface area (Å²) in [6.45, 7) is 4.00. The highest BCUT2D eigenvalue weighted by molar-refractivity contribution is 7.71. The largest absolute Gasteiger partial charge is 0.250 e. The summed E-state index contributed by atoms with van der Waals surface area (Å²) in [4.78, 5) is 0. The summed E-state index contributed by atoms with van der Waals surface area (Å²) >= 11 is 5.35. The molecule has 0 saturated carbocycles. The van der Waals surface area contributed by atoms with Crippen molar-refractivity contribution < 1.29 is 0 Å². The predicted molar refractivity (Wildman–Crippen MR) is 109 cm³/mol. The second-order valence-electron chi connectivity index (χ2n) is 6.11. The van der Waals surface area contributed by atoms with Crippen molar-refractivity contribution in [2.45, 2.75) is 13.8 Å². The van der Waals surface area contributed by atoms with Gasteiger partial charge >= 0.3 is 0 Å². The molecule has 0 unspecified atom stereocenters. The van der Waals surface area contributed by atoms with Crippen LogP contribution in [0.3, 0.4) is 0 Å². The molecule has 0 fully saturated rings. The fraction of sp³-hybridized carbons (Fsp3) is 0.100. The molecule has 0 spiro atoms. The zero-order valence-electron chi connectivity index (χ0n) is 15.0. The van der Waals surface area contributed by atoms with E-state index < -0.39 is 0 Å².